The Morgan fingerprint density at radius 1 is 1.00 bits per heavy atom. The molecule has 0 aliphatic carbocycles. The molecule has 0 atom stereocenters. The molecule has 18 heavy (non-hydrogen) atoms. The first-order chi connectivity index (χ1) is 8.65. The van der Waals surface area contributed by atoms with E-state index in [2.05, 4.69) is 0 Å². The summed E-state index contributed by atoms with van der Waals surface area (Å²) in [5.74, 6) is 1.51. The lowest BCUT2D eigenvalue weighted by Gasteiger charge is -2.11. The number of methoxy groups -OCH3 is 2. The molecular weight excluding hydrogens is 252 g/mol. The fraction of sp³-hybridized carbons (Fsp3) is 0.143. The summed E-state index contributed by atoms with van der Waals surface area (Å²) in [6.07, 6.45) is 0. The SMILES string of the molecule is COc1ccc(OC)c(-c2ccc(O)c(Cl)c2)c1. The number of hydrogen-bond donors (Lipinski definition) is 1. The number of hydrogen-bond acceptors (Lipinski definition) is 3. The zero-order valence-electron chi connectivity index (χ0n) is 10.1. The van der Waals surface area contributed by atoms with Crippen molar-refractivity contribution < 1.29 is 14.6 Å². The Bertz CT molecular complexity index is 567. The van der Waals surface area contributed by atoms with Gasteiger partial charge >= 0.3 is 0 Å². The molecule has 4 heteroatoms. The molecular formula is C14H13ClO3. The summed E-state index contributed by atoms with van der Waals surface area (Å²) < 4.78 is 10.5. The van der Waals surface area contributed by atoms with E-state index < -0.39 is 0 Å². The summed E-state index contributed by atoms with van der Waals surface area (Å²) in [6.45, 7) is 0. The van der Waals surface area contributed by atoms with Crippen LogP contribution in [0.1, 0.15) is 0 Å². The predicted molar refractivity (Wildman–Crippen MR) is 71.7 cm³/mol. The van der Waals surface area contributed by atoms with Gasteiger partial charge in [0.05, 0.1) is 19.2 Å². The van der Waals surface area contributed by atoms with Crippen LogP contribution < -0.4 is 9.47 Å². The largest absolute Gasteiger partial charge is 0.506 e. The van der Waals surface area contributed by atoms with Crippen LogP contribution in [0.3, 0.4) is 0 Å². The van der Waals surface area contributed by atoms with Crippen molar-refractivity contribution in [3.63, 3.8) is 0 Å². The molecule has 0 radical (unpaired) electrons. The predicted octanol–water partition coefficient (Wildman–Crippen LogP) is 3.73. The third-order valence-corrected chi connectivity index (χ3v) is 2.97. The lowest BCUT2D eigenvalue weighted by molar-refractivity contribution is 0.404. The fourth-order valence-electron chi connectivity index (χ4n) is 1.71. The van der Waals surface area contributed by atoms with Crippen molar-refractivity contribution in [1.82, 2.24) is 0 Å². The zero-order valence-corrected chi connectivity index (χ0v) is 10.9. The Hall–Kier alpha value is -1.87. The standard InChI is InChI=1S/C14H13ClO3/c1-17-10-4-6-14(18-2)11(8-10)9-3-5-13(16)12(15)7-9/h3-8,16H,1-2H3. The van der Waals surface area contributed by atoms with E-state index in [0.29, 0.717) is 5.02 Å². The highest BCUT2D eigenvalue weighted by molar-refractivity contribution is 6.32. The average Bonchev–Trinajstić information content (AvgIpc) is 2.41. The topological polar surface area (TPSA) is 38.7 Å². The summed E-state index contributed by atoms with van der Waals surface area (Å²) in [4.78, 5) is 0. The van der Waals surface area contributed by atoms with Crippen LogP contribution in [0.25, 0.3) is 11.1 Å². The number of phenols is 1. The van der Waals surface area contributed by atoms with Gasteiger partial charge in [0.2, 0.25) is 0 Å². The summed E-state index contributed by atoms with van der Waals surface area (Å²) in [5.41, 5.74) is 1.72. The van der Waals surface area contributed by atoms with Crippen molar-refractivity contribution >= 4 is 11.6 Å². The second-order valence-corrected chi connectivity index (χ2v) is 4.14. The highest BCUT2D eigenvalue weighted by atomic mass is 35.5. The Labute approximate surface area is 111 Å². The number of rotatable bonds is 3. The first-order valence-electron chi connectivity index (χ1n) is 5.36. The summed E-state index contributed by atoms with van der Waals surface area (Å²) in [5, 5.41) is 9.73. The minimum Gasteiger partial charge on any atom is -0.506 e. The van der Waals surface area contributed by atoms with Gasteiger partial charge in [-0.2, -0.15) is 0 Å². The molecule has 0 fully saturated rings. The van der Waals surface area contributed by atoms with Crippen molar-refractivity contribution in [2.75, 3.05) is 14.2 Å². The van der Waals surface area contributed by atoms with Gasteiger partial charge in [-0.3, -0.25) is 0 Å². The van der Waals surface area contributed by atoms with Crippen LogP contribution in [0.15, 0.2) is 36.4 Å². The normalized spacial score (nSPS) is 10.2. The number of ether oxygens (including phenoxy) is 2. The molecule has 2 rings (SSSR count). The van der Waals surface area contributed by atoms with E-state index in [1.807, 2.05) is 18.2 Å². The van der Waals surface area contributed by atoms with E-state index in [4.69, 9.17) is 21.1 Å². The molecule has 0 spiro atoms. The van der Waals surface area contributed by atoms with Crippen LogP contribution in [0.4, 0.5) is 0 Å². The van der Waals surface area contributed by atoms with Crippen LogP contribution in [-0.4, -0.2) is 19.3 Å². The number of phenolic OH excluding ortho intramolecular Hbond substituents is 1. The van der Waals surface area contributed by atoms with Gasteiger partial charge in [-0.15, -0.1) is 0 Å². The van der Waals surface area contributed by atoms with Gasteiger partial charge in [0.25, 0.3) is 0 Å². The van der Waals surface area contributed by atoms with Gasteiger partial charge in [-0.1, -0.05) is 17.7 Å². The smallest absolute Gasteiger partial charge is 0.134 e. The van der Waals surface area contributed by atoms with Crippen LogP contribution in [0, 0.1) is 0 Å². The van der Waals surface area contributed by atoms with E-state index in [1.54, 1.807) is 32.4 Å². The Balaban J connectivity index is 2.57. The van der Waals surface area contributed by atoms with E-state index in [-0.39, 0.29) is 5.75 Å². The average molecular weight is 265 g/mol. The second-order valence-electron chi connectivity index (χ2n) is 3.73. The van der Waals surface area contributed by atoms with Gasteiger partial charge in [0.15, 0.2) is 0 Å². The lowest BCUT2D eigenvalue weighted by atomic mass is 10.0. The van der Waals surface area contributed by atoms with Crippen molar-refractivity contribution in [3.8, 4) is 28.4 Å². The van der Waals surface area contributed by atoms with Gasteiger partial charge in [0.1, 0.15) is 17.2 Å². The molecule has 2 aromatic carbocycles. The van der Waals surface area contributed by atoms with Gasteiger partial charge < -0.3 is 14.6 Å². The molecule has 0 aromatic heterocycles. The van der Waals surface area contributed by atoms with Gasteiger partial charge in [-0.05, 0) is 35.9 Å². The molecule has 0 aliphatic rings. The van der Waals surface area contributed by atoms with Crippen LogP contribution in [0.2, 0.25) is 5.02 Å². The third-order valence-electron chi connectivity index (χ3n) is 2.67. The minimum atomic E-state index is 0.0577. The van der Waals surface area contributed by atoms with Crippen molar-refractivity contribution in [3.05, 3.63) is 41.4 Å². The lowest BCUT2D eigenvalue weighted by Crippen LogP contribution is -1.90. The minimum absolute atomic E-state index is 0.0577. The zero-order chi connectivity index (χ0) is 13.1. The summed E-state index contributed by atoms with van der Waals surface area (Å²) in [6, 6.07) is 10.5. The third kappa shape index (κ3) is 2.36. The number of aromatic hydroxyl groups is 1. The number of halogens is 1. The number of benzene rings is 2. The second kappa shape index (κ2) is 5.19. The molecule has 0 unspecified atom stereocenters. The Morgan fingerprint density at radius 3 is 2.39 bits per heavy atom. The first kappa shape index (κ1) is 12.6. The fourth-order valence-corrected chi connectivity index (χ4v) is 1.89. The molecule has 2 aromatic rings. The maximum Gasteiger partial charge on any atom is 0.134 e. The summed E-state index contributed by atoms with van der Waals surface area (Å²) >= 11 is 5.91. The molecule has 0 aliphatic heterocycles. The Kier molecular flexibility index (Phi) is 3.63. The van der Waals surface area contributed by atoms with Crippen LogP contribution >= 0.6 is 11.6 Å². The van der Waals surface area contributed by atoms with Crippen molar-refractivity contribution in [2.45, 2.75) is 0 Å². The van der Waals surface area contributed by atoms with Crippen molar-refractivity contribution in [1.29, 1.82) is 0 Å². The molecule has 94 valence electrons. The van der Waals surface area contributed by atoms with Crippen LogP contribution in [-0.2, 0) is 0 Å². The molecule has 1 N–H and O–H groups in total. The molecule has 0 bridgehead atoms. The quantitative estimate of drug-likeness (QED) is 0.918. The monoisotopic (exact) mass is 264 g/mol. The van der Waals surface area contributed by atoms with E-state index in [1.165, 1.54) is 0 Å². The maximum atomic E-state index is 9.43. The van der Waals surface area contributed by atoms with Gasteiger partial charge in [0, 0.05) is 5.56 Å². The van der Waals surface area contributed by atoms with Crippen LogP contribution in [0.5, 0.6) is 17.2 Å². The molecule has 0 amide bonds. The maximum absolute atomic E-state index is 9.43. The van der Waals surface area contributed by atoms with Gasteiger partial charge in [-0.25, -0.2) is 0 Å². The molecule has 3 nitrogen and oxygen atoms in total. The molecule has 0 saturated carbocycles. The van der Waals surface area contributed by atoms with E-state index in [0.717, 1.165) is 22.6 Å². The molecule has 0 saturated heterocycles. The highest BCUT2D eigenvalue weighted by Crippen LogP contribution is 2.36. The van der Waals surface area contributed by atoms with E-state index >= 15 is 0 Å². The Morgan fingerprint density at radius 2 is 1.78 bits per heavy atom. The van der Waals surface area contributed by atoms with Crippen molar-refractivity contribution in [2.24, 2.45) is 0 Å². The first-order valence-corrected chi connectivity index (χ1v) is 5.74. The summed E-state index contributed by atoms with van der Waals surface area (Å²) in [7, 11) is 3.21. The molecule has 0 heterocycles. The highest BCUT2D eigenvalue weighted by Gasteiger charge is 2.09. The van der Waals surface area contributed by atoms with E-state index in [9.17, 15) is 5.11 Å².